The van der Waals surface area contributed by atoms with Crippen LogP contribution >= 0.6 is 0 Å². The number of furan rings is 1. The highest BCUT2D eigenvalue weighted by atomic mass is 16.3. The van der Waals surface area contributed by atoms with E-state index in [1.54, 1.807) is 0 Å². The lowest BCUT2D eigenvalue weighted by Gasteiger charge is -2.26. The van der Waals surface area contributed by atoms with Gasteiger partial charge in [0.25, 0.3) is 0 Å². The van der Waals surface area contributed by atoms with Gasteiger partial charge in [0.1, 0.15) is 11.2 Å². The summed E-state index contributed by atoms with van der Waals surface area (Å²) in [7, 11) is 0. The second-order valence-electron chi connectivity index (χ2n) is 15.4. The topological polar surface area (TPSA) is 21.3 Å². The summed E-state index contributed by atoms with van der Waals surface area (Å²) in [4.78, 5) is 2.37. The summed E-state index contributed by atoms with van der Waals surface area (Å²) in [6, 6.07) is 78.9. The van der Waals surface area contributed by atoms with Crippen molar-refractivity contribution in [3.8, 4) is 27.9 Å². The highest BCUT2D eigenvalue weighted by Gasteiger charge is 2.17. The van der Waals surface area contributed by atoms with Crippen molar-refractivity contribution in [1.82, 2.24) is 4.57 Å². The van der Waals surface area contributed by atoms with E-state index in [4.69, 9.17) is 4.42 Å². The van der Waals surface area contributed by atoms with Crippen LogP contribution in [0.2, 0.25) is 0 Å². The average molecular weight is 753 g/mol. The zero-order chi connectivity index (χ0) is 38.9. The van der Waals surface area contributed by atoms with E-state index in [1.807, 2.05) is 12.1 Å². The van der Waals surface area contributed by atoms with Crippen LogP contribution in [0.3, 0.4) is 0 Å². The molecule has 0 amide bonds. The largest absolute Gasteiger partial charge is 0.456 e. The van der Waals surface area contributed by atoms with Crippen molar-refractivity contribution >= 4 is 82.4 Å². The molecule has 59 heavy (non-hydrogen) atoms. The van der Waals surface area contributed by atoms with Gasteiger partial charge in [0.2, 0.25) is 0 Å². The summed E-state index contributed by atoms with van der Waals surface area (Å²) in [6.45, 7) is 0. The van der Waals surface area contributed by atoms with Crippen molar-refractivity contribution in [2.45, 2.75) is 0 Å². The smallest absolute Gasteiger partial charge is 0.135 e. The Morgan fingerprint density at radius 1 is 0.305 bits per heavy atom. The van der Waals surface area contributed by atoms with Crippen molar-refractivity contribution in [3.63, 3.8) is 0 Å². The number of hydrogen-bond acceptors (Lipinski definition) is 2. The van der Waals surface area contributed by atoms with E-state index >= 15 is 0 Å². The number of hydrogen-bond donors (Lipinski definition) is 0. The fraction of sp³-hybridized carbons (Fsp3) is 0. The van der Waals surface area contributed by atoms with E-state index in [0.717, 1.165) is 50.1 Å². The molecule has 10 aromatic carbocycles. The normalized spacial score (nSPS) is 11.7. The van der Waals surface area contributed by atoms with Crippen LogP contribution in [-0.4, -0.2) is 4.57 Å². The van der Waals surface area contributed by atoms with Gasteiger partial charge in [0, 0.05) is 44.3 Å². The Kier molecular flexibility index (Phi) is 7.54. The van der Waals surface area contributed by atoms with Crippen LogP contribution < -0.4 is 4.90 Å². The van der Waals surface area contributed by atoms with E-state index in [-0.39, 0.29) is 0 Å². The molecule has 12 rings (SSSR count). The number of nitrogens with zero attached hydrogens (tertiary/aromatic N) is 2. The third-order valence-corrected chi connectivity index (χ3v) is 12.0. The molecule has 12 aromatic rings. The van der Waals surface area contributed by atoms with Gasteiger partial charge in [-0.1, -0.05) is 133 Å². The highest BCUT2D eigenvalue weighted by molar-refractivity contribution is 6.11. The van der Waals surface area contributed by atoms with Crippen molar-refractivity contribution in [2.75, 3.05) is 4.90 Å². The Balaban J connectivity index is 0.960. The Morgan fingerprint density at radius 2 is 0.831 bits per heavy atom. The minimum absolute atomic E-state index is 0.906. The SMILES string of the molecule is c1ccc(-n2c3ccccc3c3cc(-c4ccc(N(c5ccc(-c6ccc7oc8ccccc8c7c6)cc5)c5ccc6ccc7ccccc7c6c5)cc4)ccc32)cc1. The number of fused-ring (bicyclic) bond motifs is 9. The standard InChI is InChI=1S/C56H36N2O/c1-2-11-43(12-3-1)58-53-16-8-6-14-48(53)51-34-41(25-32-54(51)58)37-20-27-44(28-21-37)57(46-31-24-40-19-18-39-10-4-5-13-47(39)50(40)36-46)45-29-22-38(23-30-45)42-26-33-56-52(35-42)49-15-7-9-17-55(49)59-56/h1-36H. The van der Waals surface area contributed by atoms with E-state index in [2.05, 4.69) is 216 Å². The number of aromatic nitrogens is 1. The average Bonchev–Trinajstić information content (AvgIpc) is 3.85. The number of benzene rings is 10. The van der Waals surface area contributed by atoms with Gasteiger partial charge in [-0.15, -0.1) is 0 Å². The molecule has 0 saturated carbocycles. The zero-order valence-electron chi connectivity index (χ0n) is 32.1. The fourth-order valence-corrected chi connectivity index (χ4v) is 9.10. The van der Waals surface area contributed by atoms with Crippen molar-refractivity contribution in [1.29, 1.82) is 0 Å². The molecule has 0 aliphatic carbocycles. The van der Waals surface area contributed by atoms with Gasteiger partial charge in [-0.25, -0.2) is 0 Å². The first-order chi connectivity index (χ1) is 29.2. The summed E-state index contributed by atoms with van der Waals surface area (Å²) >= 11 is 0. The van der Waals surface area contributed by atoms with Gasteiger partial charge < -0.3 is 13.9 Å². The van der Waals surface area contributed by atoms with Crippen LogP contribution in [0.5, 0.6) is 0 Å². The van der Waals surface area contributed by atoms with Gasteiger partial charge in [-0.05, 0) is 129 Å². The molecular weight excluding hydrogens is 717 g/mol. The Bertz CT molecular complexity index is 3540. The van der Waals surface area contributed by atoms with Crippen LogP contribution in [-0.2, 0) is 0 Å². The summed E-state index contributed by atoms with van der Waals surface area (Å²) in [5, 5.41) is 9.73. The minimum atomic E-state index is 0.906. The summed E-state index contributed by atoms with van der Waals surface area (Å²) in [6.07, 6.45) is 0. The van der Waals surface area contributed by atoms with Crippen molar-refractivity contribution < 1.29 is 4.42 Å². The van der Waals surface area contributed by atoms with Crippen LogP contribution in [0.4, 0.5) is 17.1 Å². The predicted molar refractivity (Wildman–Crippen MR) is 249 cm³/mol. The second kappa shape index (κ2) is 13.4. The molecule has 0 aliphatic rings. The molecule has 0 spiro atoms. The first kappa shape index (κ1) is 33.3. The molecule has 2 heterocycles. The fourth-order valence-electron chi connectivity index (χ4n) is 9.10. The van der Waals surface area contributed by atoms with Crippen LogP contribution in [0, 0.1) is 0 Å². The van der Waals surface area contributed by atoms with Crippen molar-refractivity contribution in [3.05, 3.63) is 218 Å². The summed E-state index contributed by atoms with van der Waals surface area (Å²) in [5.74, 6) is 0. The van der Waals surface area contributed by atoms with E-state index in [0.29, 0.717) is 0 Å². The molecule has 0 saturated heterocycles. The zero-order valence-corrected chi connectivity index (χ0v) is 32.1. The molecule has 3 nitrogen and oxygen atoms in total. The Labute approximate surface area is 341 Å². The molecule has 0 aliphatic heterocycles. The molecule has 2 aromatic heterocycles. The van der Waals surface area contributed by atoms with E-state index < -0.39 is 0 Å². The summed E-state index contributed by atoms with van der Waals surface area (Å²) < 4.78 is 8.50. The van der Waals surface area contributed by atoms with Crippen LogP contribution in [0.25, 0.3) is 93.2 Å². The van der Waals surface area contributed by atoms with Crippen molar-refractivity contribution in [2.24, 2.45) is 0 Å². The minimum Gasteiger partial charge on any atom is -0.456 e. The third-order valence-electron chi connectivity index (χ3n) is 12.0. The van der Waals surface area contributed by atoms with E-state index in [1.165, 1.54) is 60.2 Å². The van der Waals surface area contributed by atoms with Crippen LogP contribution in [0.1, 0.15) is 0 Å². The monoisotopic (exact) mass is 752 g/mol. The molecule has 0 fully saturated rings. The maximum atomic E-state index is 6.13. The lowest BCUT2D eigenvalue weighted by molar-refractivity contribution is 0.669. The maximum Gasteiger partial charge on any atom is 0.135 e. The lowest BCUT2D eigenvalue weighted by atomic mass is 10.00. The first-order valence-electron chi connectivity index (χ1n) is 20.2. The molecule has 276 valence electrons. The number of rotatable bonds is 6. The van der Waals surface area contributed by atoms with Crippen LogP contribution in [0.15, 0.2) is 223 Å². The quantitative estimate of drug-likeness (QED) is 0.158. The molecule has 0 N–H and O–H groups in total. The molecular formula is C56H36N2O. The second-order valence-corrected chi connectivity index (χ2v) is 15.4. The lowest BCUT2D eigenvalue weighted by Crippen LogP contribution is -2.09. The van der Waals surface area contributed by atoms with E-state index in [9.17, 15) is 0 Å². The molecule has 0 atom stereocenters. The molecule has 0 radical (unpaired) electrons. The maximum absolute atomic E-state index is 6.13. The molecule has 0 bridgehead atoms. The van der Waals surface area contributed by atoms with Gasteiger partial charge in [0.05, 0.1) is 11.0 Å². The first-order valence-corrected chi connectivity index (χ1v) is 20.2. The Morgan fingerprint density at radius 3 is 1.59 bits per heavy atom. The molecule has 3 heteroatoms. The third kappa shape index (κ3) is 5.51. The van der Waals surface area contributed by atoms with Gasteiger partial charge >= 0.3 is 0 Å². The summed E-state index contributed by atoms with van der Waals surface area (Å²) in [5.41, 5.74) is 13.4. The number of para-hydroxylation sites is 3. The highest BCUT2D eigenvalue weighted by Crippen LogP contribution is 2.41. The number of anilines is 3. The van der Waals surface area contributed by atoms with Gasteiger partial charge in [-0.3, -0.25) is 0 Å². The predicted octanol–water partition coefficient (Wildman–Crippen LogP) is 15.8. The Hall–Kier alpha value is -7.88. The van der Waals surface area contributed by atoms with Gasteiger partial charge in [-0.2, -0.15) is 0 Å². The molecule has 0 unspecified atom stereocenters. The van der Waals surface area contributed by atoms with Gasteiger partial charge in [0.15, 0.2) is 0 Å².